The summed E-state index contributed by atoms with van der Waals surface area (Å²) in [4.78, 5) is 2.70. The van der Waals surface area contributed by atoms with E-state index in [9.17, 15) is 0 Å². The second-order valence-electron chi connectivity index (χ2n) is 10.9. The average Bonchev–Trinajstić information content (AvgIpc) is 2.48. The molecule has 26 heavy (non-hydrogen) atoms. The van der Waals surface area contributed by atoms with Crippen molar-refractivity contribution in [3.63, 3.8) is 0 Å². The Morgan fingerprint density at radius 3 is 2.15 bits per heavy atom. The van der Waals surface area contributed by atoms with Crippen molar-refractivity contribution in [1.29, 1.82) is 0 Å². The zero-order valence-electron chi connectivity index (χ0n) is 18.5. The lowest BCUT2D eigenvalue weighted by Crippen LogP contribution is -2.40. The smallest absolute Gasteiger partial charge is 0.0598 e. The summed E-state index contributed by atoms with van der Waals surface area (Å²) in [6, 6.07) is 0. The molecule has 1 saturated heterocycles. The van der Waals surface area contributed by atoms with Gasteiger partial charge in [-0.15, -0.1) is 0 Å². The molecule has 1 saturated carbocycles. The van der Waals surface area contributed by atoms with Gasteiger partial charge in [0.2, 0.25) is 0 Å². The molecule has 1 aliphatic heterocycles. The van der Waals surface area contributed by atoms with Gasteiger partial charge in [0.1, 0.15) is 0 Å². The maximum atomic E-state index is 5.90. The van der Waals surface area contributed by atoms with Crippen molar-refractivity contribution in [2.24, 2.45) is 29.1 Å². The minimum Gasteiger partial charge on any atom is -0.376 e. The summed E-state index contributed by atoms with van der Waals surface area (Å²) < 4.78 is 5.90. The van der Waals surface area contributed by atoms with E-state index in [-0.39, 0.29) is 5.60 Å². The van der Waals surface area contributed by atoms with Crippen molar-refractivity contribution in [2.75, 3.05) is 26.2 Å². The highest BCUT2D eigenvalue weighted by atomic mass is 16.5. The number of ether oxygens (including phenoxy) is 1. The topological polar surface area (TPSA) is 12.5 Å². The minimum absolute atomic E-state index is 0.00896. The van der Waals surface area contributed by atoms with Crippen LogP contribution in [-0.2, 0) is 4.74 Å². The van der Waals surface area contributed by atoms with Crippen LogP contribution in [-0.4, -0.2) is 36.7 Å². The molecule has 2 fully saturated rings. The molecule has 0 radical (unpaired) electrons. The first-order valence-corrected chi connectivity index (χ1v) is 10.9. The quantitative estimate of drug-likeness (QED) is 0.590. The van der Waals surface area contributed by atoms with E-state index in [1.807, 2.05) is 0 Å². The van der Waals surface area contributed by atoms with Crippen molar-refractivity contribution in [1.82, 2.24) is 4.90 Å². The van der Waals surface area contributed by atoms with Crippen molar-refractivity contribution >= 4 is 0 Å². The predicted octanol–water partition coefficient (Wildman–Crippen LogP) is 5.62. The van der Waals surface area contributed by atoms with Crippen LogP contribution >= 0.6 is 0 Å². The fourth-order valence-corrected chi connectivity index (χ4v) is 3.82. The van der Waals surface area contributed by atoms with Crippen LogP contribution in [0.15, 0.2) is 0 Å². The van der Waals surface area contributed by atoms with E-state index in [1.54, 1.807) is 0 Å². The number of rotatable bonds is 5. The summed E-state index contributed by atoms with van der Waals surface area (Å²) in [6.07, 6.45) is 6.59. The van der Waals surface area contributed by atoms with E-state index < -0.39 is 0 Å². The summed E-state index contributed by atoms with van der Waals surface area (Å²) in [5, 5.41) is 0. The van der Waals surface area contributed by atoms with E-state index in [2.05, 4.69) is 65.2 Å². The third-order valence-corrected chi connectivity index (χ3v) is 6.32. The standard InChI is InChI=1S/C24H43NO/c1-19(23(2,3)4)8-9-21-16-22(17-21)18-25-13-10-20(11-14-25)12-15-26-24(5,6)7/h19-22H,10-18H2,1-7H3. The Hall–Kier alpha value is -0.520. The second kappa shape index (κ2) is 9.11. The molecule has 1 aliphatic carbocycles. The van der Waals surface area contributed by atoms with Gasteiger partial charge in [-0.2, -0.15) is 0 Å². The van der Waals surface area contributed by atoms with Crippen LogP contribution in [0, 0.1) is 40.9 Å². The SMILES string of the molecule is CC(C#CC1CC(CN2CCC(CCOC(C)(C)C)CC2)C1)C(C)(C)C. The molecule has 2 heteroatoms. The van der Waals surface area contributed by atoms with Gasteiger partial charge >= 0.3 is 0 Å². The van der Waals surface area contributed by atoms with Crippen LogP contribution in [0.25, 0.3) is 0 Å². The summed E-state index contributed by atoms with van der Waals surface area (Å²) in [7, 11) is 0. The number of piperidine rings is 1. The predicted molar refractivity (Wildman–Crippen MR) is 112 cm³/mol. The highest BCUT2D eigenvalue weighted by molar-refractivity contribution is 5.12. The highest BCUT2D eigenvalue weighted by Gasteiger charge is 2.31. The fraction of sp³-hybridized carbons (Fsp3) is 0.917. The van der Waals surface area contributed by atoms with Crippen molar-refractivity contribution in [3.05, 3.63) is 0 Å². The Morgan fingerprint density at radius 1 is 1.00 bits per heavy atom. The van der Waals surface area contributed by atoms with Gasteiger partial charge < -0.3 is 9.64 Å². The number of hydrogen-bond donors (Lipinski definition) is 0. The summed E-state index contributed by atoms with van der Waals surface area (Å²) >= 11 is 0. The molecule has 0 aromatic rings. The van der Waals surface area contributed by atoms with E-state index >= 15 is 0 Å². The average molecular weight is 362 g/mol. The van der Waals surface area contributed by atoms with Gasteiger partial charge in [0, 0.05) is 25.0 Å². The lowest BCUT2D eigenvalue weighted by molar-refractivity contribution is -0.0132. The zero-order valence-corrected chi connectivity index (χ0v) is 18.5. The summed E-state index contributed by atoms with van der Waals surface area (Å²) in [5.41, 5.74) is 0.313. The van der Waals surface area contributed by atoms with Crippen molar-refractivity contribution in [3.8, 4) is 11.8 Å². The molecule has 150 valence electrons. The molecular weight excluding hydrogens is 318 g/mol. The lowest BCUT2D eigenvalue weighted by atomic mass is 9.74. The van der Waals surface area contributed by atoms with Crippen LogP contribution in [0.2, 0.25) is 0 Å². The number of hydrogen-bond acceptors (Lipinski definition) is 2. The summed E-state index contributed by atoms with van der Waals surface area (Å²) in [5.74, 6) is 9.97. The van der Waals surface area contributed by atoms with Gasteiger partial charge in [0.25, 0.3) is 0 Å². The molecular formula is C24H43NO. The minimum atomic E-state index is 0.00896. The van der Waals surface area contributed by atoms with Gasteiger partial charge in [-0.1, -0.05) is 39.5 Å². The molecule has 2 aliphatic rings. The first-order chi connectivity index (χ1) is 12.0. The molecule has 1 atom stereocenters. The molecule has 0 bridgehead atoms. The number of likely N-dealkylation sites (tertiary alicyclic amines) is 1. The molecule has 1 heterocycles. The molecule has 2 rings (SSSR count). The normalized spacial score (nSPS) is 26.7. The maximum Gasteiger partial charge on any atom is 0.0598 e. The second-order valence-corrected chi connectivity index (χ2v) is 10.9. The Bertz CT molecular complexity index is 473. The van der Waals surface area contributed by atoms with Gasteiger partial charge in [0.05, 0.1) is 5.60 Å². The Labute approximate surface area is 163 Å². The van der Waals surface area contributed by atoms with E-state index in [4.69, 9.17) is 4.74 Å². The van der Waals surface area contributed by atoms with Crippen LogP contribution in [0.5, 0.6) is 0 Å². The monoisotopic (exact) mass is 361 g/mol. The first kappa shape index (κ1) is 21.8. The van der Waals surface area contributed by atoms with Gasteiger partial charge in [-0.3, -0.25) is 0 Å². The van der Waals surface area contributed by atoms with Crippen molar-refractivity contribution in [2.45, 2.75) is 86.2 Å². The van der Waals surface area contributed by atoms with E-state index in [1.165, 1.54) is 51.7 Å². The van der Waals surface area contributed by atoms with E-state index in [0.29, 0.717) is 17.3 Å². The Balaban J connectivity index is 1.58. The molecule has 0 aromatic heterocycles. The largest absolute Gasteiger partial charge is 0.376 e. The third kappa shape index (κ3) is 7.61. The molecule has 0 amide bonds. The van der Waals surface area contributed by atoms with Gasteiger partial charge in [-0.05, 0) is 83.2 Å². The first-order valence-electron chi connectivity index (χ1n) is 10.9. The lowest BCUT2D eigenvalue weighted by Gasteiger charge is -2.39. The maximum absolute atomic E-state index is 5.90. The van der Waals surface area contributed by atoms with Crippen LogP contribution in [0.1, 0.15) is 80.6 Å². The fourth-order valence-electron chi connectivity index (χ4n) is 3.82. The summed E-state index contributed by atoms with van der Waals surface area (Å²) in [6.45, 7) is 20.4. The Morgan fingerprint density at radius 2 is 1.62 bits per heavy atom. The number of nitrogens with zero attached hydrogens (tertiary/aromatic N) is 1. The molecule has 2 nitrogen and oxygen atoms in total. The zero-order chi connectivity index (χ0) is 19.4. The molecule has 0 aromatic carbocycles. The van der Waals surface area contributed by atoms with E-state index in [0.717, 1.165) is 18.4 Å². The molecule has 0 spiro atoms. The third-order valence-electron chi connectivity index (χ3n) is 6.32. The van der Waals surface area contributed by atoms with Gasteiger partial charge in [0.15, 0.2) is 0 Å². The Kier molecular flexibility index (Phi) is 7.63. The molecule has 1 unspecified atom stereocenters. The van der Waals surface area contributed by atoms with Crippen LogP contribution < -0.4 is 0 Å². The van der Waals surface area contributed by atoms with Crippen molar-refractivity contribution < 1.29 is 4.74 Å². The highest BCUT2D eigenvalue weighted by Crippen LogP contribution is 2.35. The van der Waals surface area contributed by atoms with Crippen LogP contribution in [0.3, 0.4) is 0 Å². The van der Waals surface area contributed by atoms with Gasteiger partial charge in [-0.25, -0.2) is 0 Å². The molecule has 0 N–H and O–H groups in total. The van der Waals surface area contributed by atoms with Crippen LogP contribution in [0.4, 0.5) is 0 Å².